The summed E-state index contributed by atoms with van der Waals surface area (Å²) in [5, 5.41) is 15.6. The van der Waals surface area contributed by atoms with Gasteiger partial charge in [-0.1, -0.05) is 84.9 Å². The lowest BCUT2D eigenvalue weighted by atomic mass is 9.95. The molecule has 3 aromatic carbocycles. The number of hydrogen-bond donors (Lipinski definition) is 3. The number of rotatable bonds is 21. The van der Waals surface area contributed by atoms with Gasteiger partial charge in [-0.2, -0.15) is 0 Å². The summed E-state index contributed by atoms with van der Waals surface area (Å²) in [7, 11) is 0. The van der Waals surface area contributed by atoms with Gasteiger partial charge in [0.15, 0.2) is 0 Å². The Morgan fingerprint density at radius 3 is 2.09 bits per heavy atom. The average Bonchev–Trinajstić information content (AvgIpc) is 3.09. The second-order valence-corrected chi connectivity index (χ2v) is 11.7. The first kappa shape index (κ1) is 36.8. The van der Waals surface area contributed by atoms with Crippen molar-refractivity contribution in [3.8, 4) is 5.75 Å². The highest BCUT2D eigenvalue weighted by Crippen LogP contribution is 2.18. The van der Waals surface area contributed by atoms with E-state index in [1.165, 1.54) is 0 Å². The van der Waals surface area contributed by atoms with Gasteiger partial charge in [0.25, 0.3) is 0 Å². The molecule has 0 aliphatic carbocycles. The fourth-order valence-electron chi connectivity index (χ4n) is 5.15. The maximum atomic E-state index is 13.0. The molecule has 0 saturated carbocycles. The van der Waals surface area contributed by atoms with E-state index >= 15 is 0 Å². The number of carbonyl (C=O) groups is 3. The Hall–Kier alpha value is -4.69. The van der Waals surface area contributed by atoms with Crippen LogP contribution in [0.1, 0.15) is 49.3 Å². The zero-order valence-electron chi connectivity index (χ0n) is 27.3. The van der Waals surface area contributed by atoms with Gasteiger partial charge in [0.05, 0.1) is 31.0 Å². The van der Waals surface area contributed by atoms with Crippen molar-refractivity contribution in [1.29, 1.82) is 0 Å². The molecular weight excluding hydrogens is 592 g/mol. The SMILES string of the molecule is C=CCC[C@H](Cc1ccccc1)C(=O)O[C@@H](C)CNC(=O)[C@H](CC=C)CC(=O)N[C@H](CO)Cc1ccc(OCc2ccccc2)cc1. The molecule has 250 valence electrons. The number of aliphatic hydroxyl groups excluding tert-OH is 1. The molecule has 2 amide bonds. The van der Waals surface area contributed by atoms with Gasteiger partial charge in [0.1, 0.15) is 18.5 Å². The summed E-state index contributed by atoms with van der Waals surface area (Å²) >= 11 is 0. The lowest BCUT2D eigenvalue weighted by Gasteiger charge is -2.22. The Morgan fingerprint density at radius 1 is 0.830 bits per heavy atom. The number of ether oxygens (including phenoxy) is 2. The maximum Gasteiger partial charge on any atom is 0.309 e. The largest absolute Gasteiger partial charge is 0.489 e. The minimum atomic E-state index is -0.658. The van der Waals surface area contributed by atoms with Crippen molar-refractivity contribution in [2.75, 3.05) is 13.2 Å². The Morgan fingerprint density at radius 2 is 1.47 bits per heavy atom. The smallest absolute Gasteiger partial charge is 0.309 e. The highest BCUT2D eigenvalue weighted by atomic mass is 16.5. The lowest BCUT2D eigenvalue weighted by Crippen LogP contribution is -2.42. The van der Waals surface area contributed by atoms with Gasteiger partial charge in [-0.3, -0.25) is 14.4 Å². The van der Waals surface area contributed by atoms with Gasteiger partial charge in [0.2, 0.25) is 11.8 Å². The number of benzene rings is 3. The van der Waals surface area contributed by atoms with Gasteiger partial charge in [-0.05, 0) is 67.9 Å². The van der Waals surface area contributed by atoms with Crippen LogP contribution in [0, 0.1) is 11.8 Å². The Labute approximate surface area is 278 Å². The van der Waals surface area contributed by atoms with Crippen LogP contribution in [0.3, 0.4) is 0 Å². The van der Waals surface area contributed by atoms with Crippen molar-refractivity contribution < 1.29 is 29.0 Å². The zero-order valence-corrected chi connectivity index (χ0v) is 27.3. The molecule has 0 unspecified atom stereocenters. The van der Waals surface area contributed by atoms with E-state index in [9.17, 15) is 19.5 Å². The molecule has 0 heterocycles. The quantitative estimate of drug-likeness (QED) is 0.101. The van der Waals surface area contributed by atoms with Crippen molar-refractivity contribution in [2.45, 2.75) is 64.2 Å². The molecule has 0 radical (unpaired) electrons. The highest BCUT2D eigenvalue weighted by Gasteiger charge is 2.25. The predicted molar refractivity (Wildman–Crippen MR) is 184 cm³/mol. The van der Waals surface area contributed by atoms with Gasteiger partial charge in [-0.15, -0.1) is 13.2 Å². The second kappa shape index (κ2) is 20.4. The maximum absolute atomic E-state index is 13.0. The van der Waals surface area contributed by atoms with Crippen molar-refractivity contribution >= 4 is 17.8 Å². The molecule has 0 bridgehead atoms. The third kappa shape index (κ3) is 13.7. The number of amides is 2. The van der Waals surface area contributed by atoms with E-state index in [0.717, 1.165) is 22.4 Å². The van der Waals surface area contributed by atoms with E-state index in [1.807, 2.05) is 84.9 Å². The summed E-state index contributed by atoms with van der Waals surface area (Å²) in [5.41, 5.74) is 3.05. The van der Waals surface area contributed by atoms with Crippen LogP contribution >= 0.6 is 0 Å². The number of allylic oxidation sites excluding steroid dienone is 2. The minimum Gasteiger partial charge on any atom is -0.489 e. The molecule has 0 aliphatic rings. The molecule has 8 heteroatoms. The van der Waals surface area contributed by atoms with E-state index in [-0.39, 0.29) is 43.3 Å². The third-order valence-electron chi connectivity index (χ3n) is 7.75. The van der Waals surface area contributed by atoms with E-state index in [0.29, 0.717) is 38.7 Å². The van der Waals surface area contributed by atoms with Gasteiger partial charge in [0, 0.05) is 6.42 Å². The highest BCUT2D eigenvalue weighted by molar-refractivity contribution is 5.86. The molecule has 0 saturated heterocycles. The number of hydrogen-bond acceptors (Lipinski definition) is 6. The molecule has 0 aliphatic heterocycles. The fraction of sp³-hybridized carbons (Fsp3) is 0.359. The van der Waals surface area contributed by atoms with Gasteiger partial charge in [-0.25, -0.2) is 0 Å². The number of aliphatic hydroxyl groups is 1. The number of esters is 1. The van der Waals surface area contributed by atoms with E-state index in [1.54, 1.807) is 19.1 Å². The van der Waals surface area contributed by atoms with Crippen molar-refractivity contribution in [2.24, 2.45) is 11.8 Å². The normalized spacial score (nSPS) is 13.3. The Bertz CT molecular complexity index is 1390. The summed E-state index contributed by atoms with van der Waals surface area (Å²) in [4.78, 5) is 39.0. The topological polar surface area (TPSA) is 114 Å². The Kier molecular flexibility index (Phi) is 16.0. The lowest BCUT2D eigenvalue weighted by molar-refractivity contribution is -0.153. The van der Waals surface area contributed by atoms with Crippen molar-refractivity contribution in [1.82, 2.24) is 10.6 Å². The number of carbonyl (C=O) groups excluding carboxylic acids is 3. The standard InChI is InChI=1S/C39H48N2O6/c1-4-6-18-34(23-30-14-9-7-10-15-30)39(45)47-29(3)26-40-38(44)33(13-5-2)25-37(43)41-35(27-42)24-31-19-21-36(22-20-31)46-28-32-16-11-8-12-17-32/h4-5,7-12,14-17,19-22,29,33-35,42H,1-2,6,13,18,23-28H2,3H3,(H,40,44)(H,41,43)/t29-,33+,34+,35-/m0/s1. The van der Waals surface area contributed by atoms with Crippen LogP contribution in [0.4, 0.5) is 0 Å². The van der Waals surface area contributed by atoms with Crippen LogP contribution < -0.4 is 15.4 Å². The van der Waals surface area contributed by atoms with Crippen molar-refractivity contribution in [3.63, 3.8) is 0 Å². The molecule has 3 aromatic rings. The molecule has 3 N–H and O–H groups in total. The fourth-order valence-corrected chi connectivity index (χ4v) is 5.15. The molecular formula is C39H48N2O6. The van der Waals surface area contributed by atoms with Crippen LogP contribution in [0.5, 0.6) is 5.75 Å². The summed E-state index contributed by atoms with van der Waals surface area (Å²) in [6.45, 7) is 9.56. The molecule has 4 atom stereocenters. The first-order valence-electron chi connectivity index (χ1n) is 16.2. The number of nitrogens with one attached hydrogen (secondary N) is 2. The predicted octanol–water partition coefficient (Wildman–Crippen LogP) is 5.74. The van der Waals surface area contributed by atoms with Gasteiger partial charge < -0.3 is 25.2 Å². The van der Waals surface area contributed by atoms with Crippen molar-refractivity contribution in [3.05, 3.63) is 127 Å². The third-order valence-corrected chi connectivity index (χ3v) is 7.75. The minimum absolute atomic E-state index is 0.0739. The van der Waals surface area contributed by atoms with E-state index in [4.69, 9.17) is 9.47 Å². The summed E-state index contributed by atoms with van der Waals surface area (Å²) in [6.07, 6.45) is 5.34. The summed E-state index contributed by atoms with van der Waals surface area (Å²) < 4.78 is 11.5. The van der Waals surface area contributed by atoms with Crippen LogP contribution in [0.2, 0.25) is 0 Å². The summed E-state index contributed by atoms with van der Waals surface area (Å²) in [6, 6.07) is 26.7. The molecule has 47 heavy (non-hydrogen) atoms. The molecule has 0 fully saturated rings. The van der Waals surface area contributed by atoms with Crippen LogP contribution in [-0.4, -0.2) is 48.2 Å². The Balaban J connectivity index is 1.45. The molecule has 8 nitrogen and oxygen atoms in total. The average molecular weight is 641 g/mol. The molecule has 0 spiro atoms. The van der Waals surface area contributed by atoms with E-state index < -0.39 is 18.1 Å². The van der Waals surface area contributed by atoms with E-state index in [2.05, 4.69) is 23.8 Å². The first-order valence-corrected chi connectivity index (χ1v) is 16.2. The summed E-state index contributed by atoms with van der Waals surface area (Å²) in [5.74, 6) is -1.25. The molecule has 0 aromatic heterocycles. The van der Waals surface area contributed by atoms with Crippen LogP contribution in [0.25, 0.3) is 0 Å². The zero-order chi connectivity index (χ0) is 33.9. The first-order chi connectivity index (χ1) is 22.8. The van der Waals surface area contributed by atoms with Crippen LogP contribution in [-0.2, 0) is 38.6 Å². The monoisotopic (exact) mass is 640 g/mol. The van der Waals surface area contributed by atoms with Crippen LogP contribution in [0.15, 0.2) is 110 Å². The second-order valence-electron chi connectivity index (χ2n) is 11.7. The van der Waals surface area contributed by atoms with Gasteiger partial charge >= 0.3 is 5.97 Å². The molecule has 3 rings (SSSR count).